The predicted octanol–water partition coefficient (Wildman–Crippen LogP) is 9.77. The summed E-state index contributed by atoms with van der Waals surface area (Å²) in [4.78, 5) is 43.8. The van der Waals surface area contributed by atoms with E-state index in [0.29, 0.717) is 58.2 Å². The summed E-state index contributed by atoms with van der Waals surface area (Å²) in [5.41, 5.74) is 4.49. The van der Waals surface area contributed by atoms with Crippen molar-refractivity contribution in [3.8, 4) is 11.5 Å². The van der Waals surface area contributed by atoms with Gasteiger partial charge in [0.25, 0.3) is 0 Å². The van der Waals surface area contributed by atoms with Crippen LogP contribution in [0.15, 0.2) is 163 Å². The highest BCUT2D eigenvalue weighted by Crippen LogP contribution is 2.35. The maximum atomic E-state index is 13.9. The van der Waals surface area contributed by atoms with Crippen molar-refractivity contribution in [2.45, 2.75) is 76.2 Å². The van der Waals surface area contributed by atoms with E-state index in [1.54, 1.807) is 60.7 Å². The Labute approximate surface area is 391 Å². The maximum Gasteiger partial charge on any atom is 0.347 e. The minimum Gasteiger partial charge on any atom is -0.506 e. The maximum absolute atomic E-state index is 13.9. The van der Waals surface area contributed by atoms with E-state index in [9.17, 15) is 29.7 Å². The number of aryl methyl sites for hydroxylation is 2. The van der Waals surface area contributed by atoms with Gasteiger partial charge in [0.05, 0.1) is 18.2 Å². The molecule has 0 aliphatic carbocycles. The Bertz CT molecular complexity index is 2790. The summed E-state index contributed by atoms with van der Waals surface area (Å²) in [5, 5.41) is 33.9. The van der Waals surface area contributed by atoms with E-state index in [1.165, 1.54) is 17.7 Å². The number of H-pyrrole nitrogens is 1. The summed E-state index contributed by atoms with van der Waals surface area (Å²) >= 11 is 0. The number of unbranched alkanes of at least 4 members (excludes halogenated alkanes) is 1. The summed E-state index contributed by atoms with van der Waals surface area (Å²) in [7, 11) is 0. The fraction of sp³-hybridized carbons (Fsp3) is 0.281. The van der Waals surface area contributed by atoms with Crippen molar-refractivity contribution >= 4 is 22.7 Å². The molecule has 7 aromatic rings. The van der Waals surface area contributed by atoms with Gasteiger partial charge in [-0.05, 0) is 115 Å². The molecule has 1 fully saturated rings. The molecular formula is C57H58N2O8. The lowest BCUT2D eigenvalue weighted by Crippen LogP contribution is -2.40. The highest BCUT2D eigenvalue weighted by molar-refractivity contribution is 5.96. The van der Waals surface area contributed by atoms with Gasteiger partial charge in [0.1, 0.15) is 18.1 Å². The molecule has 67 heavy (non-hydrogen) atoms. The number of ketones is 1. The van der Waals surface area contributed by atoms with Gasteiger partial charge in [0, 0.05) is 35.5 Å². The molecule has 1 aliphatic rings. The van der Waals surface area contributed by atoms with Crippen LogP contribution in [0.3, 0.4) is 0 Å². The van der Waals surface area contributed by atoms with Crippen molar-refractivity contribution in [1.82, 2.24) is 9.88 Å². The Kier molecular flexibility index (Phi) is 15.4. The van der Waals surface area contributed by atoms with Crippen molar-refractivity contribution in [1.29, 1.82) is 0 Å². The number of aromatic hydroxyl groups is 1. The third-order valence-electron chi connectivity index (χ3n) is 12.9. The van der Waals surface area contributed by atoms with Crippen molar-refractivity contribution in [3.05, 3.63) is 213 Å². The van der Waals surface area contributed by atoms with Gasteiger partial charge in [0.15, 0.2) is 5.78 Å². The van der Waals surface area contributed by atoms with E-state index in [2.05, 4.69) is 34.1 Å². The first-order chi connectivity index (χ1) is 32.6. The van der Waals surface area contributed by atoms with Gasteiger partial charge >= 0.3 is 5.97 Å². The number of benzene rings is 6. The Morgan fingerprint density at radius 2 is 1.39 bits per heavy atom. The number of aromatic amines is 1. The number of aromatic nitrogens is 1. The molecule has 2 heterocycles. The van der Waals surface area contributed by atoms with Gasteiger partial charge in [-0.15, -0.1) is 0 Å². The molecule has 1 saturated heterocycles. The number of nitrogens with one attached hydrogen (secondary N) is 1. The molecule has 0 radical (unpaired) electrons. The van der Waals surface area contributed by atoms with Gasteiger partial charge in [0.2, 0.25) is 11.2 Å². The molecule has 0 saturated carbocycles. The molecule has 2 atom stereocenters. The highest BCUT2D eigenvalue weighted by atomic mass is 16.5. The topological polar surface area (TPSA) is 149 Å². The SMILES string of the molecule is O=C(CCc1ccc(COc2cccc([C@](O)(C(=O)OCC3CCN(Cc4ccccc4)CC3)c3ccccc3)c2)cc1)c1ccc(CCCC[C@H](O)c2ccc(O)c3[nH]c(=O)ccc23)cc1. The van der Waals surface area contributed by atoms with Crippen LogP contribution in [0.2, 0.25) is 0 Å². The largest absolute Gasteiger partial charge is 0.506 e. The number of likely N-dealkylation sites (tertiary alicyclic amines) is 1. The fourth-order valence-corrected chi connectivity index (χ4v) is 8.94. The zero-order chi connectivity index (χ0) is 46.6. The summed E-state index contributed by atoms with van der Waals surface area (Å²) < 4.78 is 12.1. The Hall–Kier alpha value is -6.85. The molecule has 4 N–H and O–H groups in total. The van der Waals surface area contributed by atoms with Crippen LogP contribution < -0.4 is 10.3 Å². The highest BCUT2D eigenvalue weighted by Gasteiger charge is 2.42. The fourth-order valence-electron chi connectivity index (χ4n) is 8.94. The molecule has 0 amide bonds. The average Bonchev–Trinajstić information content (AvgIpc) is 3.37. The molecule has 8 rings (SSSR count). The molecule has 344 valence electrons. The second-order valence-electron chi connectivity index (χ2n) is 17.7. The third-order valence-corrected chi connectivity index (χ3v) is 12.9. The van der Waals surface area contributed by atoms with Gasteiger partial charge in [-0.1, -0.05) is 134 Å². The molecule has 10 heteroatoms. The number of piperidine rings is 1. The molecule has 10 nitrogen and oxygen atoms in total. The monoisotopic (exact) mass is 898 g/mol. The van der Waals surface area contributed by atoms with Gasteiger partial charge < -0.3 is 29.8 Å². The van der Waals surface area contributed by atoms with Crippen LogP contribution in [-0.4, -0.2) is 56.7 Å². The molecule has 0 spiro atoms. The van der Waals surface area contributed by atoms with Gasteiger partial charge in [-0.3, -0.25) is 14.5 Å². The summed E-state index contributed by atoms with van der Waals surface area (Å²) in [5.74, 6) is 0.0508. The normalized spacial score (nSPS) is 14.6. The molecule has 0 bridgehead atoms. The molecule has 1 aromatic heterocycles. The first kappa shape index (κ1) is 46.7. The Balaban J connectivity index is 0.785. The first-order valence-electron chi connectivity index (χ1n) is 23.3. The van der Waals surface area contributed by atoms with E-state index >= 15 is 0 Å². The van der Waals surface area contributed by atoms with E-state index in [4.69, 9.17) is 9.47 Å². The molecular weight excluding hydrogens is 841 g/mol. The van der Waals surface area contributed by atoms with Crippen molar-refractivity contribution < 1.29 is 34.4 Å². The number of hydrogen-bond acceptors (Lipinski definition) is 9. The van der Waals surface area contributed by atoms with E-state index in [1.807, 2.05) is 60.7 Å². The number of ether oxygens (including phenoxy) is 2. The number of fused-ring (bicyclic) bond motifs is 1. The molecule has 0 unspecified atom stereocenters. The van der Waals surface area contributed by atoms with Gasteiger partial charge in [-0.25, -0.2) is 4.79 Å². The van der Waals surface area contributed by atoms with Crippen molar-refractivity contribution in [3.63, 3.8) is 0 Å². The number of aliphatic hydroxyl groups excluding tert-OH is 1. The lowest BCUT2D eigenvalue weighted by molar-refractivity contribution is -0.164. The molecule has 6 aromatic carbocycles. The number of aliphatic hydroxyl groups is 2. The summed E-state index contributed by atoms with van der Waals surface area (Å²) in [6.45, 7) is 3.26. The zero-order valence-electron chi connectivity index (χ0n) is 37.7. The van der Waals surface area contributed by atoms with Crippen LogP contribution in [0.25, 0.3) is 10.9 Å². The summed E-state index contributed by atoms with van der Waals surface area (Å²) in [6, 6.07) is 48.2. The van der Waals surface area contributed by atoms with Crippen molar-refractivity contribution in [2.75, 3.05) is 19.7 Å². The van der Waals surface area contributed by atoms with E-state index < -0.39 is 17.7 Å². The van der Waals surface area contributed by atoms with Crippen LogP contribution in [0.4, 0.5) is 0 Å². The Morgan fingerprint density at radius 1 is 0.716 bits per heavy atom. The van der Waals surface area contributed by atoms with Crippen molar-refractivity contribution in [2.24, 2.45) is 5.92 Å². The van der Waals surface area contributed by atoms with Gasteiger partial charge in [-0.2, -0.15) is 0 Å². The second kappa shape index (κ2) is 22.1. The van der Waals surface area contributed by atoms with Crippen LogP contribution in [0.5, 0.6) is 11.5 Å². The molecule has 1 aliphatic heterocycles. The quantitative estimate of drug-likeness (QED) is 0.0333. The predicted molar refractivity (Wildman–Crippen MR) is 260 cm³/mol. The smallest absolute Gasteiger partial charge is 0.347 e. The minimum atomic E-state index is -2.03. The lowest BCUT2D eigenvalue weighted by atomic mass is 9.86. The third kappa shape index (κ3) is 11.9. The number of phenolic OH excluding ortho intramolecular Hbond substituents is 1. The number of rotatable bonds is 20. The van der Waals surface area contributed by atoms with Crippen LogP contribution in [0.1, 0.15) is 93.9 Å². The summed E-state index contributed by atoms with van der Waals surface area (Å²) in [6.07, 6.45) is 5.05. The first-order valence-corrected chi connectivity index (χ1v) is 23.3. The van der Waals surface area contributed by atoms with Crippen LogP contribution in [0, 0.1) is 5.92 Å². The van der Waals surface area contributed by atoms with E-state index in [0.717, 1.165) is 68.4 Å². The second-order valence-corrected chi connectivity index (χ2v) is 17.7. The van der Waals surface area contributed by atoms with Crippen LogP contribution in [-0.2, 0) is 41.1 Å². The number of carbonyl (C=O) groups excluding carboxylic acids is 2. The lowest BCUT2D eigenvalue weighted by Gasteiger charge is -2.33. The van der Waals surface area contributed by atoms with E-state index in [-0.39, 0.29) is 36.2 Å². The number of pyridine rings is 1. The number of carbonyl (C=O) groups is 2. The zero-order valence-corrected chi connectivity index (χ0v) is 37.7. The van der Waals surface area contributed by atoms with Crippen LogP contribution >= 0.6 is 0 Å². The Morgan fingerprint density at radius 3 is 2.13 bits per heavy atom. The minimum absolute atomic E-state index is 0.0301. The number of hydrogen-bond donors (Lipinski definition) is 4. The standard InChI is InChI=1S/C57H58N2O8/c60-51(45-25-22-40(23-26-45)10-7-8-17-52(61)49-27-30-53(62)55-50(49)28-31-54(63)58-55)29-24-41-18-20-43(21-19-41)38-66-48-16-9-15-47(36-48)57(65,46-13-5-2-6-14-46)56(64)67-39-44-32-34-59(35-33-44)37-42-11-3-1-4-12-42/h1-6,9,11-16,18-23,25-28,30-31,36,44,52,61-62,65H,7-8,10,17,24,29,32-35,37-39H2,(H,58,63)/t52-,57-/m0/s1. The number of phenols is 1. The number of nitrogens with zero attached hydrogens (tertiary/aromatic N) is 1. The number of esters is 1. The average molecular weight is 899 g/mol. The number of Topliss-reactive ketones (excluding diaryl/α,β-unsaturated/α-hetero) is 1.